The number of carbonyl (C=O) groups is 4. The van der Waals surface area contributed by atoms with Gasteiger partial charge in [0.25, 0.3) is 5.91 Å². The number of nitrogens with zero attached hydrogens (tertiary/aromatic N) is 2. The molecule has 2 aromatic carbocycles. The van der Waals surface area contributed by atoms with Gasteiger partial charge in [-0.05, 0) is 42.7 Å². The maximum atomic E-state index is 13.4. The Kier molecular flexibility index (Phi) is 10.5. The van der Waals surface area contributed by atoms with Crippen molar-refractivity contribution in [2.75, 3.05) is 18.0 Å². The molecule has 1 saturated carbocycles. The van der Waals surface area contributed by atoms with Crippen molar-refractivity contribution in [1.82, 2.24) is 4.90 Å². The lowest BCUT2D eigenvalue weighted by Crippen LogP contribution is -2.45. The molecule has 1 aliphatic carbocycles. The van der Waals surface area contributed by atoms with Crippen LogP contribution in [-0.2, 0) is 21.0 Å². The molecule has 1 aliphatic heterocycles. The number of carboxylic acid groups (broad SMARTS) is 2. The average molecular weight is 593 g/mol. The van der Waals surface area contributed by atoms with E-state index in [0.717, 1.165) is 37.7 Å². The van der Waals surface area contributed by atoms with E-state index in [9.17, 15) is 27.6 Å². The first kappa shape index (κ1) is 31.9. The number of hydrogen-bond donors (Lipinski definition) is 4. The van der Waals surface area contributed by atoms with Gasteiger partial charge in [0.2, 0.25) is 5.91 Å². The summed E-state index contributed by atoms with van der Waals surface area (Å²) in [5.41, 5.74) is 7.87. The van der Waals surface area contributed by atoms with Crippen LogP contribution in [0, 0.1) is 5.41 Å². The third-order valence-corrected chi connectivity index (χ3v) is 6.76. The van der Waals surface area contributed by atoms with Crippen LogP contribution in [0.25, 0.3) is 0 Å². The smallest absolute Gasteiger partial charge is 0.489 e. The lowest BCUT2D eigenvalue weighted by molar-refractivity contribution is -0.192. The number of aliphatic carboxylic acids is 2. The standard InChI is InChI=1S/C26H30N4O5.C2HF3O2/c27-25(28)18-6-4-5-17(13-18)16-35-20-9-10-22-21(14-20)26(34)29(12-11-24(32)33)15-23(31)30(22)19-7-2-1-3-8-19;3-2(4,5)1(6)7/h4-6,9-10,13-14,19H,1-3,7-8,11-12,15-16H2,(H3,27,28)(H,32,33);(H,6,7). The largest absolute Gasteiger partial charge is 0.490 e. The maximum Gasteiger partial charge on any atom is 0.490 e. The number of benzene rings is 2. The number of fused-ring (bicyclic) bond motifs is 1. The van der Waals surface area contributed by atoms with E-state index >= 15 is 0 Å². The first-order chi connectivity index (χ1) is 19.8. The normalized spacial score (nSPS) is 15.7. The van der Waals surface area contributed by atoms with Crippen LogP contribution in [0.2, 0.25) is 0 Å². The molecule has 4 rings (SSSR count). The van der Waals surface area contributed by atoms with E-state index in [-0.39, 0.29) is 49.8 Å². The number of nitrogens with two attached hydrogens (primary N) is 1. The Morgan fingerprint density at radius 3 is 2.31 bits per heavy atom. The van der Waals surface area contributed by atoms with Crippen LogP contribution >= 0.6 is 0 Å². The molecule has 11 nitrogen and oxygen atoms in total. The number of ether oxygens (including phenoxy) is 1. The zero-order valence-electron chi connectivity index (χ0n) is 22.5. The van der Waals surface area contributed by atoms with Gasteiger partial charge in [0.1, 0.15) is 24.7 Å². The summed E-state index contributed by atoms with van der Waals surface area (Å²) in [5, 5.41) is 23.8. The molecule has 5 N–H and O–H groups in total. The number of halogens is 3. The average Bonchev–Trinajstić information content (AvgIpc) is 3.04. The Labute approximate surface area is 239 Å². The van der Waals surface area contributed by atoms with Crippen molar-refractivity contribution in [3.63, 3.8) is 0 Å². The molecule has 14 heteroatoms. The minimum atomic E-state index is -5.08. The predicted octanol–water partition coefficient (Wildman–Crippen LogP) is 3.78. The van der Waals surface area contributed by atoms with Gasteiger partial charge in [0, 0.05) is 18.2 Å². The fraction of sp³-hybridized carbons (Fsp3) is 0.393. The maximum absolute atomic E-state index is 13.4. The van der Waals surface area contributed by atoms with E-state index in [4.69, 9.17) is 30.9 Å². The number of alkyl halides is 3. The summed E-state index contributed by atoms with van der Waals surface area (Å²) in [4.78, 5) is 49.8. The monoisotopic (exact) mass is 592 g/mol. The Balaban J connectivity index is 0.000000616. The van der Waals surface area contributed by atoms with E-state index in [1.807, 2.05) is 6.07 Å². The Morgan fingerprint density at radius 1 is 1.05 bits per heavy atom. The quantitative estimate of drug-likeness (QED) is 0.265. The molecule has 42 heavy (non-hydrogen) atoms. The van der Waals surface area contributed by atoms with Crippen LogP contribution in [0.15, 0.2) is 42.5 Å². The van der Waals surface area contributed by atoms with Crippen molar-refractivity contribution in [2.45, 2.75) is 57.3 Å². The topological polar surface area (TPSA) is 174 Å². The molecule has 1 heterocycles. The fourth-order valence-corrected chi connectivity index (χ4v) is 4.75. The number of amidine groups is 1. The van der Waals surface area contributed by atoms with E-state index < -0.39 is 18.1 Å². The van der Waals surface area contributed by atoms with Crippen molar-refractivity contribution < 1.29 is 47.3 Å². The Morgan fingerprint density at radius 2 is 1.71 bits per heavy atom. The van der Waals surface area contributed by atoms with Gasteiger partial charge in [-0.25, -0.2) is 4.79 Å². The number of amides is 2. The molecule has 2 aliphatic rings. The second-order valence-electron chi connectivity index (χ2n) is 9.81. The molecule has 0 spiro atoms. The molecule has 226 valence electrons. The zero-order valence-corrected chi connectivity index (χ0v) is 22.5. The molecule has 0 saturated heterocycles. The summed E-state index contributed by atoms with van der Waals surface area (Å²) in [5.74, 6) is -3.92. The number of carbonyl (C=O) groups excluding carboxylic acids is 2. The van der Waals surface area contributed by atoms with Crippen molar-refractivity contribution in [3.8, 4) is 5.75 Å². The molecular formula is C28H31F3N4O7. The summed E-state index contributed by atoms with van der Waals surface area (Å²) >= 11 is 0. The van der Waals surface area contributed by atoms with Gasteiger partial charge in [-0.15, -0.1) is 0 Å². The highest BCUT2D eigenvalue weighted by molar-refractivity contribution is 6.10. The van der Waals surface area contributed by atoms with E-state index in [2.05, 4.69) is 0 Å². The second kappa shape index (κ2) is 13.8. The third kappa shape index (κ3) is 8.44. The van der Waals surface area contributed by atoms with Gasteiger partial charge >= 0.3 is 18.1 Å². The summed E-state index contributed by atoms with van der Waals surface area (Å²) in [6, 6.07) is 12.3. The van der Waals surface area contributed by atoms with Gasteiger partial charge in [0.05, 0.1) is 17.7 Å². The molecule has 2 aromatic rings. The minimum absolute atomic E-state index is 0.0170. The van der Waals surface area contributed by atoms with Crippen LogP contribution in [0.1, 0.15) is 60.0 Å². The van der Waals surface area contributed by atoms with Crippen molar-refractivity contribution in [1.29, 1.82) is 5.41 Å². The van der Waals surface area contributed by atoms with Crippen molar-refractivity contribution >= 4 is 35.3 Å². The molecule has 0 bridgehead atoms. The van der Waals surface area contributed by atoms with Crippen LogP contribution in [-0.4, -0.2) is 70.0 Å². The highest BCUT2D eigenvalue weighted by Crippen LogP contribution is 2.35. The molecule has 0 atom stereocenters. The fourth-order valence-electron chi connectivity index (χ4n) is 4.75. The Hall–Kier alpha value is -4.62. The third-order valence-electron chi connectivity index (χ3n) is 6.76. The summed E-state index contributed by atoms with van der Waals surface area (Å²) < 4.78 is 37.7. The predicted molar refractivity (Wildman–Crippen MR) is 144 cm³/mol. The van der Waals surface area contributed by atoms with Gasteiger partial charge in [-0.2, -0.15) is 13.2 Å². The molecule has 1 fully saturated rings. The highest BCUT2D eigenvalue weighted by Gasteiger charge is 2.38. The van der Waals surface area contributed by atoms with Crippen LogP contribution in [0.5, 0.6) is 5.75 Å². The molecule has 0 radical (unpaired) electrons. The molecule has 2 amide bonds. The lowest BCUT2D eigenvalue weighted by Gasteiger charge is -2.34. The number of rotatable bonds is 8. The van der Waals surface area contributed by atoms with Gasteiger partial charge in [-0.3, -0.25) is 19.8 Å². The lowest BCUT2D eigenvalue weighted by atomic mass is 9.93. The van der Waals surface area contributed by atoms with Gasteiger partial charge in [-0.1, -0.05) is 37.5 Å². The van der Waals surface area contributed by atoms with Gasteiger partial charge < -0.3 is 30.5 Å². The SMILES string of the molecule is N=C(N)c1cccc(COc2ccc3c(c2)C(=O)N(CCC(=O)O)CC(=O)N3C2CCCCC2)c1.O=C(O)C(F)(F)F. The van der Waals surface area contributed by atoms with Crippen LogP contribution in [0.4, 0.5) is 18.9 Å². The number of hydrogen-bond acceptors (Lipinski definition) is 6. The van der Waals surface area contributed by atoms with E-state index in [0.29, 0.717) is 22.6 Å². The Bertz CT molecular complexity index is 1340. The van der Waals surface area contributed by atoms with Crippen LogP contribution < -0.4 is 15.4 Å². The van der Waals surface area contributed by atoms with Crippen LogP contribution in [0.3, 0.4) is 0 Å². The number of nitrogens with one attached hydrogen (secondary N) is 1. The number of nitrogen functional groups attached to an aromatic ring is 1. The van der Waals surface area contributed by atoms with E-state index in [1.54, 1.807) is 41.3 Å². The second-order valence-corrected chi connectivity index (χ2v) is 9.81. The number of anilines is 1. The molecular weight excluding hydrogens is 561 g/mol. The van der Waals surface area contributed by atoms with E-state index in [1.165, 1.54) is 4.90 Å². The number of carboxylic acids is 2. The summed E-state index contributed by atoms with van der Waals surface area (Å²) in [6.45, 7) is 0.0220. The van der Waals surface area contributed by atoms with Crippen molar-refractivity contribution in [2.24, 2.45) is 5.73 Å². The molecule has 0 unspecified atom stereocenters. The zero-order chi connectivity index (χ0) is 31.0. The highest BCUT2D eigenvalue weighted by atomic mass is 19.4. The van der Waals surface area contributed by atoms with Crippen molar-refractivity contribution in [3.05, 3.63) is 59.2 Å². The minimum Gasteiger partial charge on any atom is -0.489 e. The summed E-state index contributed by atoms with van der Waals surface area (Å²) in [6.07, 6.45) is -0.381. The first-order valence-electron chi connectivity index (χ1n) is 13.1. The molecule has 0 aromatic heterocycles. The summed E-state index contributed by atoms with van der Waals surface area (Å²) in [7, 11) is 0. The van der Waals surface area contributed by atoms with Gasteiger partial charge in [0.15, 0.2) is 0 Å². The first-order valence-corrected chi connectivity index (χ1v) is 13.1.